The fourth-order valence-electron chi connectivity index (χ4n) is 1.81. The first kappa shape index (κ1) is 13.8. The molecule has 1 aliphatic heterocycles. The average molecular weight is 237 g/mol. The van der Waals surface area contributed by atoms with Crippen LogP contribution in [0, 0.1) is 0 Å². The van der Waals surface area contributed by atoms with Crippen LogP contribution in [0.3, 0.4) is 0 Å². The summed E-state index contributed by atoms with van der Waals surface area (Å²) in [6, 6.07) is -0.623. The summed E-state index contributed by atoms with van der Waals surface area (Å²) in [5.74, 6) is 0. The largest absolute Gasteiger partial charge is 0.395 e. The van der Waals surface area contributed by atoms with Gasteiger partial charge in [0.05, 0.1) is 31.5 Å². The summed E-state index contributed by atoms with van der Waals surface area (Å²) in [5, 5.41) is 55.9. The SMILES string of the molecule is OCC(CO)N1C[C@@H](O)[C@@H](O)[C@H](O)[C@@H](O)C1. The van der Waals surface area contributed by atoms with Crippen molar-refractivity contribution in [1.29, 1.82) is 0 Å². The number of β-amino-alcohol motifs (C(OH)–C–C–N with tert-alkyl or cyclic N) is 2. The predicted octanol–water partition coefficient (Wildman–Crippen LogP) is -3.90. The molecular formula is C9H19NO6. The lowest BCUT2D eigenvalue weighted by Gasteiger charge is -2.29. The van der Waals surface area contributed by atoms with Crippen molar-refractivity contribution in [2.75, 3.05) is 26.3 Å². The average Bonchev–Trinajstić information content (AvgIpc) is 2.35. The number of aliphatic hydroxyl groups is 6. The normalized spacial score (nSPS) is 37.7. The molecule has 7 heteroatoms. The lowest BCUT2D eigenvalue weighted by Crippen LogP contribution is -2.46. The van der Waals surface area contributed by atoms with E-state index in [9.17, 15) is 20.4 Å². The molecule has 96 valence electrons. The second-order valence-electron chi connectivity index (χ2n) is 4.09. The van der Waals surface area contributed by atoms with Crippen molar-refractivity contribution < 1.29 is 30.6 Å². The van der Waals surface area contributed by atoms with Gasteiger partial charge >= 0.3 is 0 Å². The van der Waals surface area contributed by atoms with Crippen LogP contribution in [0.5, 0.6) is 0 Å². The van der Waals surface area contributed by atoms with Crippen LogP contribution < -0.4 is 0 Å². The van der Waals surface area contributed by atoms with Gasteiger partial charge in [0.15, 0.2) is 0 Å². The maximum Gasteiger partial charge on any atom is 0.110 e. The third-order valence-electron chi connectivity index (χ3n) is 2.92. The van der Waals surface area contributed by atoms with Gasteiger partial charge in [-0.1, -0.05) is 0 Å². The van der Waals surface area contributed by atoms with Crippen LogP contribution in [0.25, 0.3) is 0 Å². The Kier molecular flexibility index (Phi) is 5.06. The van der Waals surface area contributed by atoms with Crippen molar-refractivity contribution in [2.45, 2.75) is 30.5 Å². The van der Waals surface area contributed by atoms with E-state index in [1.807, 2.05) is 0 Å². The monoisotopic (exact) mass is 237 g/mol. The van der Waals surface area contributed by atoms with E-state index in [4.69, 9.17) is 10.2 Å². The van der Waals surface area contributed by atoms with Gasteiger partial charge in [0, 0.05) is 13.1 Å². The molecule has 7 nitrogen and oxygen atoms in total. The molecule has 4 atom stereocenters. The third kappa shape index (κ3) is 2.89. The third-order valence-corrected chi connectivity index (χ3v) is 2.92. The molecule has 6 N–H and O–H groups in total. The Labute approximate surface area is 93.2 Å². The van der Waals surface area contributed by atoms with Crippen LogP contribution in [0.2, 0.25) is 0 Å². The summed E-state index contributed by atoms with van der Waals surface area (Å²) in [6.07, 6.45) is -5.32. The molecule has 0 aromatic heterocycles. The minimum Gasteiger partial charge on any atom is -0.395 e. The highest BCUT2D eigenvalue weighted by molar-refractivity contribution is 4.90. The standard InChI is InChI=1S/C9H19NO6/c11-3-5(4-12)10-1-6(13)8(15)9(16)7(14)2-10/h5-9,11-16H,1-4H2/t6-,7+,8-,9-/m1/s1. The summed E-state index contributed by atoms with van der Waals surface area (Å²) in [6.45, 7) is -0.716. The van der Waals surface area contributed by atoms with Crippen LogP contribution in [-0.2, 0) is 0 Å². The Balaban J connectivity index is 2.74. The Bertz CT molecular complexity index is 196. The Hall–Kier alpha value is -0.280. The minimum absolute atomic E-state index is 0.0267. The van der Waals surface area contributed by atoms with Gasteiger partial charge in [-0.25, -0.2) is 0 Å². The van der Waals surface area contributed by atoms with E-state index in [0.29, 0.717) is 0 Å². The molecule has 1 saturated heterocycles. The Morgan fingerprint density at radius 1 is 0.875 bits per heavy atom. The molecule has 1 aliphatic rings. The van der Waals surface area contributed by atoms with E-state index in [1.165, 1.54) is 4.90 Å². The molecule has 1 rings (SSSR count). The van der Waals surface area contributed by atoms with Crippen molar-refractivity contribution in [3.63, 3.8) is 0 Å². The summed E-state index contributed by atoms with van der Waals surface area (Å²) in [5.41, 5.74) is 0. The minimum atomic E-state index is -1.43. The van der Waals surface area contributed by atoms with E-state index in [2.05, 4.69) is 0 Å². The molecule has 0 aromatic rings. The molecule has 0 aliphatic carbocycles. The fourth-order valence-corrected chi connectivity index (χ4v) is 1.81. The highest BCUT2D eigenvalue weighted by Gasteiger charge is 2.37. The van der Waals surface area contributed by atoms with Gasteiger partial charge in [-0.2, -0.15) is 0 Å². The molecule has 16 heavy (non-hydrogen) atoms. The highest BCUT2D eigenvalue weighted by atomic mass is 16.4. The van der Waals surface area contributed by atoms with Crippen molar-refractivity contribution in [2.24, 2.45) is 0 Å². The van der Waals surface area contributed by atoms with Crippen molar-refractivity contribution in [3.8, 4) is 0 Å². The van der Waals surface area contributed by atoms with Gasteiger partial charge in [-0.15, -0.1) is 0 Å². The molecule has 0 spiro atoms. The lowest BCUT2D eigenvalue weighted by atomic mass is 10.1. The van der Waals surface area contributed by atoms with E-state index in [1.54, 1.807) is 0 Å². The molecule has 0 bridgehead atoms. The van der Waals surface area contributed by atoms with Crippen LogP contribution in [0.4, 0.5) is 0 Å². The smallest absolute Gasteiger partial charge is 0.110 e. The van der Waals surface area contributed by atoms with E-state index in [-0.39, 0.29) is 26.3 Å². The molecule has 0 saturated carbocycles. The van der Waals surface area contributed by atoms with Gasteiger partial charge < -0.3 is 30.6 Å². The molecule has 0 aromatic carbocycles. The van der Waals surface area contributed by atoms with Gasteiger partial charge in [0.25, 0.3) is 0 Å². The predicted molar refractivity (Wildman–Crippen MR) is 53.6 cm³/mol. The van der Waals surface area contributed by atoms with Crippen molar-refractivity contribution in [1.82, 2.24) is 4.90 Å². The first-order valence-corrected chi connectivity index (χ1v) is 5.19. The second-order valence-corrected chi connectivity index (χ2v) is 4.09. The Morgan fingerprint density at radius 2 is 1.25 bits per heavy atom. The van der Waals surface area contributed by atoms with Gasteiger partial charge in [0.1, 0.15) is 12.2 Å². The number of nitrogens with zero attached hydrogens (tertiary/aromatic N) is 1. The number of rotatable bonds is 3. The molecule has 1 fully saturated rings. The van der Waals surface area contributed by atoms with E-state index < -0.39 is 30.5 Å². The first-order chi connectivity index (χ1) is 7.51. The topological polar surface area (TPSA) is 125 Å². The second kappa shape index (κ2) is 5.87. The van der Waals surface area contributed by atoms with Gasteiger partial charge in [-0.05, 0) is 0 Å². The molecular weight excluding hydrogens is 218 g/mol. The van der Waals surface area contributed by atoms with Gasteiger partial charge in [0.2, 0.25) is 0 Å². The maximum absolute atomic E-state index is 9.53. The molecule has 0 radical (unpaired) electrons. The van der Waals surface area contributed by atoms with Crippen molar-refractivity contribution >= 4 is 0 Å². The van der Waals surface area contributed by atoms with Crippen LogP contribution >= 0.6 is 0 Å². The van der Waals surface area contributed by atoms with Crippen LogP contribution in [-0.4, -0.2) is 92.3 Å². The zero-order chi connectivity index (χ0) is 12.3. The Morgan fingerprint density at radius 3 is 1.56 bits per heavy atom. The lowest BCUT2D eigenvalue weighted by molar-refractivity contribution is -0.0894. The summed E-state index contributed by atoms with van der Waals surface area (Å²) >= 11 is 0. The quantitative estimate of drug-likeness (QED) is 0.296. The molecule has 0 unspecified atom stereocenters. The molecule has 1 heterocycles. The summed E-state index contributed by atoms with van der Waals surface area (Å²) < 4.78 is 0. The maximum atomic E-state index is 9.53. The number of aliphatic hydroxyl groups excluding tert-OH is 6. The highest BCUT2D eigenvalue weighted by Crippen LogP contribution is 2.15. The number of hydrogen-bond donors (Lipinski definition) is 6. The zero-order valence-electron chi connectivity index (χ0n) is 8.85. The first-order valence-electron chi connectivity index (χ1n) is 5.19. The van der Waals surface area contributed by atoms with Crippen molar-refractivity contribution in [3.05, 3.63) is 0 Å². The van der Waals surface area contributed by atoms with E-state index >= 15 is 0 Å². The van der Waals surface area contributed by atoms with Gasteiger partial charge in [-0.3, -0.25) is 4.90 Å². The summed E-state index contributed by atoms with van der Waals surface area (Å²) in [4.78, 5) is 1.44. The van der Waals surface area contributed by atoms with E-state index in [0.717, 1.165) is 0 Å². The molecule has 0 amide bonds. The summed E-state index contributed by atoms with van der Waals surface area (Å²) in [7, 11) is 0. The van der Waals surface area contributed by atoms with Crippen LogP contribution in [0.1, 0.15) is 0 Å². The fraction of sp³-hybridized carbons (Fsp3) is 1.00. The number of likely N-dealkylation sites (tertiary alicyclic amines) is 1. The zero-order valence-corrected chi connectivity index (χ0v) is 8.85. The van der Waals surface area contributed by atoms with Crippen LogP contribution in [0.15, 0.2) is 0 Å². The number of hydrogen-bond acceptors (Lipinski definition) is 7.